The average Bonchev–Trinajstić information content (AvgIpc) is 1.91. The summed E-state index contributed by atoms with van der Waals surface area (Å²) in [6.45, 7) is 0. The Balaban J connectivity index is 2.45. The van der Waals surface area contributed by atoms with Gasteiger partial charge in [0.05, 0.1) is 0 Å². The number of hydrogen-bond donors (Lipinski definition) is 1. The van der Waals surface area contributed by atoms with Crippen LogP contribution in [0.3, 0.4) is 0 Å². The van der Waals surface area contributed by atoms with E-state index in [4.69, 9.17) is 5.21 Å². The van der Waals surface area contributed by atoms with Crippen LogP contribution in [-0.2, 0) is 0 Å². The standard InChI is InChI=1S/C3H4BrNOS/c4-3-5(6)1-2-7-3/h1-3,6H. The lowest BCUT2D eigenvalue weighted by Gasteiger charge is -2.08. The zero-order valence-electron chi connectivity index (χ0n) is 3.41. The quantitative estimate of drug-likeness (QED) is 0.454. The van der Waals surface area contributed by atoms with Crippen molar-refractivity contribution < 1.29 is 5.21 Å². The molecule has 0 saturated heterocycles. The van der Waals surface area contributed by atoms with Crippen molar-refractivity contribution in [2.24, 2.45) is 0 Å². The third-order valence-electron chi connectivity index (χ3n) is 0.612. The van der Waals surface area contributed by atoms with Gasteiger partial charge in [-0.1, -0.05) is 27.7 Å². The maximum atomic E-state index is 8.68. The molecule has 1 N–H and O–H groups in total. The van der Waals surface area contributed by atoms with E-state index in [1.165, 1.54) is 11.8 Å². The number of halogens is 1. The van der Waals surface area contributed by atoms with Gasteiger partial charge < -0.3 is 0 Å². The largest absolute Gasteiger partial charge is 0.287 e. The van der Waals surface area contributed by atoms with Crippen LogP contribution in [0.1, 0.15) is 0 Å². The van der Waals surface area contributed by atoms with E-state index < -0.39 is 0 Å². The summed E-state index contributed by atoms with van der Waals surface area (Å²) in [6.07, 6.45) is 1.60. The van der Waals surface area contributed by atoms with Gasteiger partial charge in [-0.3, -0.25) is 5.21 Å². The van der Waals surface area contributed by atoms with E-state index in [0.29, 0.717) is 0 Å². The van der Waals surface area contributed by atoms with Gasteiger partial charge in [0.25, 0.3) is 0 Å². The fourth-order valence-corrected chi connectivity index (χ4v) is 1.32. The molecule has 1 aliphatic rings. The van der Waals surface area contributed by atoms with Crippen molar-refractivity contribution in [1.29, 1.82) is 0 Å². The first-order valence-electron chi connectivity index (χ1n) is 1.74. The fourth-order valence-electron chi connectivity index (χ4n) is 0.292. The molecule has 0 spiro atoms. The summed E-state index contributed by atoms with van der Waals surface area (Å²) < 4.78 is 0.0208. The minimum atomic E-state index is 0.0208. The van der Waals surface area contributed by atoms with Gasteiger partial charge in [0, 0.05) is 6.20 Å². The van der Waals surface area contributed by atoms with Crippen LogP contribution in [0.15, 0.2) is 11.6 Å². The third kappa shape index (κ3) is 1.11. The van der Waals surface area contributed by atoms with E-state index in [1.807, 2.05) is 5.41 Å². The van der Waals surface area contributed by atoms with E-state index >= 15 is 0 Å². The van der Waals surface area contributed by atoms with Crippen LogP contribution >= 0.6 is 27.7 Å². The van der Waals surface area contributed by atoms with Crippen LogP contribution in [0.5, 0.6) is 0 Å². The lowest BCUT2D eigenvalue weighted by atomic mass is 11.0. The van der Waals surface area contributed by atoms with E-state index in [2.05, 4.69) is 15.9 Å². The first-order valence-corrected chi connectivity index (χ1v) is 3.60. The number of nitrogens with zero attached hydrogens (tertiary/aromatic N) is 1. The predicted molar refractivity (Wildman–Crippen MR) is 33.1 cm³/mol. The van der Waals surface area contributed by atoms with Gasteiger partial charge in [-0.15, -0.1) is 0 Å². The Kier molecular flexibility index (Phi) is 1.61. The molecule has 1 heterocycles. The van der Waals surface area contributed by atoms with Crippen molar-refractivity contribution in [3.8, 4) is 0 Å². The predicted octanol–water partition coefficient (Wildman–Crippen LogP) is 1.57. The van der Waals surface area contributed by atoms with Crippen molar-refractivity contribution in [2.75, 3.05) is 0 Å². The second-order valence-electron chi connectivity index (χ2n) is 1.09. The smallest absolute Gasteiger partial charge is 0.159 e. The summed E-state index contributed by atoms with van der Waals surface area (Å²) in [5.74, 6) is 0. The van der Waals surface area contributed by atoms with Crippen LogP contribution < -0.4 is 0 Å². The second kappa shape index (κ2) is 2.07. The molecule has 0 fully saturated rings. The van der Waals surface area contributed by atoms with E-state index in [0.717, 1.165) is 5.06 Å². The zero-order valence-corrected chi connectivity index (χ0v) is 5.82. The molecule has 0 aliphatic carbocycles. The van der Waals surface area contributed by atoms with Crippen LogP contribution in [0, 0.1) is 0 Å². The van der Waals surface area contributed by atoms with Crippen molar-refractivity contribution in [3.05, 3.63) is 11.6 Å². The monoisotopic (exact) mass is 181 g/mol. The lowest BCUT2D eigenvalue weighted by molar-refractivity contribution is -0.0249. The van der Waals surface area contributed by atoms with Gasteiger partial charge in [-0.2, -0.15) is 0 Å². The SMILES string of the molecule is ON1C=CSC1Br. The summed E-state index contributed by atoms with van der Waals surface area (Å²) in [4.78, 5) is 0. The number of hydroxylamine groups is 2. The van der Waals surface area contributed by atoms with Gasteiger partial charge in [-0.05, 0) is 5.41 Å². The third-order valence-corrected chi connectivity index (χ3v) is 2.40. The number of thioether (sulfide) groups is 1. The highest BCUT2D eigenvalue weighted by atomic mass is 79.9. The van der Waals surface area contributed by atoms with Gasteiger partial charge in [0.1, 0.15) is 0 Å². The molecule has 0 aromatic heterocycles. The Bertz CT molecular complexity index is 96.9. The first-order chi connectivity index (χ1) is 3.30. The van der Waals surface area contributed by atoms with Gasteiger partial charge in [-0.25, -0.2) is 5.06 Å². The molecule has 0 aromatic carbocycles. The van der Waals surface area contributed by atoms with Gasteiger partial charge >= 0.3 is 0 Å². The summed E-state index contributed by atoms with van der Waals surface area (Å²) in [5.41, 5.74) is 0. The molecule has 1 aliphatic heterocycles. The van der Waals surface area contributed by atoms with Crippen molar-refractivity contribution in [3.63, 3.8) is 0 Å². The zero-order chi connectivity index (χ0) is 5.28. The van der Waals surface area contributed by atoms with Crippen molar-refractivity contribution in [1.82, 2.24) is 5.06 Å². The highest BCUT2D eigenvalue weighted by Crippen LogP contribution is 2.27. The maximum absolute atomic E-state index is 8.68. The minimum absolute atomic E-state index is 0.0208. The molecule has 0 aromatic rings. The Morgan fingerprint density at radius 3 is 2.71 bits per heavy atom. The van der Waals surface area contributed by atoms with Crippen molar-refractivity contribution >= 4 is 27.7 Å². The van der Waals surface area contributed by atoms with E-state index in [1.54, 1.807) is 6.20 Å². The highest BCUT2D eigenvalue weighted by Gasteiger charge is 2.12. The normalized spacial score (nSPS) is 29.4. The topological polar surface area (TPSA) is 23.5 Å². The summed E-state index contributed by atoms with van der Waals surface area (Å²) >= 11 is 4.70. The van der Waals surface area contributed by atoms with E-state index in [-0.39, 0.29) is 4.28 Å². The molecular formula is C3H4BrNOS. The molecule has 0 saturated carbocycles. The maximum Gasteiger partial charge on any atom is 0.159 e. The van der Waals surface area contributed by atoms with Crippen LogP contribution in [0.25, 0.3) is 0 Å². The Hall–Kier alpha value is 0.330. The lowest BCUT2D eigenvalue weighted by Crippen LogP contribution is -2.12. The molecule has 4 heteroatoms. The molecule has 0 amide bonds. The van der Waals surface area contributed by atoms with Crippen LogP contribution in [-0.4, -0.2) is 14.6 Å². The molecule has 0 bridgehead atoms. The fraction of sp³-hybridized carbons (Fsp3) is 0.333. The average molecular weight is 182 g/mol. The Morgan fingerprint density at radius 2 is 2.57 bits per heavy atom. The molecule has 1 unspecified atom stereocenters. The van der Waals surface area contributed by atoms with E-state index in [9.17, 15) is 0 Å². The van der Waals surface area contributed by atoms with Gasteiger partial charge in [0.2, 0.25) is 0 Å². The Morgan fingerprint density at radius 1 is 1.86 bits per heavy atom. The Labute approximate surface area is 54.3 Å². The summed E-state index contributed by atoms with van der Waals surface area (Å²) in [6, 6.07) is 0. The van der Waals surface area contributed by atoms with Crippen LogP contribution in [0.4, 0.5) is 0 Å². The van der Waals surface area contributed by atoms with Gasteiger partial charge in [0.15, 0.2) is 4.28 Å². The molecule has 2 nitrogen and oxygen atoms in total. The summed E-state index contributed by atoms with van der Waals surface area (Å²) in [7, 11) is 0. The molecule has 7 heavy (non-hydrogen) atoms. The molecule has 40 valence electrons. The minimum Gasteiger partial charge on any atom is -0.287 e. The number of rotatable bonds is 0. The number of hydrogen-bond acceptors (Lipinski definition) is 3. The molecule has 1 atom stereocenters. The first kappa shape index (κ1) is 5.47. The second-order valence-corrected chi connectivity index (χ2v) is 3.56. The van der Waals surface area contributed by atoms with Crippen molar-refractivity contribution in [2.45, 2.75) is 4.28 Å². The molecule has 0 radical (unpaired) electrons. The van der Waals surface area contributed by atoms with Crippen LogP contribution in [0.2, 0.25) is 0 Å². The number of alkyl halides is 1. The molecule has 1 rings (SSSR count). The molecular weight excluding hydrogens is 178 g/mol. The highest BCUT2D eigenvalue weighted by molar-refractivity contribution is 9.11. The summed E-state index contributed by atoms with van der Waals surface area (Å²) in [5, 5.41) is 11.6.